The van der Waals surface area contributed by atoms with Gasteiger partial charge in [0.1, 0.15) is 11.8 Å². The van der Waals surface area contributed by atoms with Crippen LogP contribution in [0.25, 0.3) is 32.8 Å². The van der Waals surface area contributed by atoms with Gasteiger partial charge in [-0.25, -0.2) is 0 Å². The van der Waals surface area contributed by atoms with Crippen LogP contribution in [0.3, 0.4) is 0 Å². The molecule has 0 atom stereocenters. The number of hydrogen-bond acceptors (Lipinski definition) is 2. The van der Waals surface area contributed by atoms with Crippen LogP contribution in [-0.4, -0.2) is 9.67 Å². The van der Waals surface area contributed by atoms with E-state index in [0.29, 0.717) is 0 Å². The third-order valence-corrected chi connectivity index (χ3v) is 3.76. The summed E-state index contributed by atoms with van der Waals surface area (Å²) in [5.74, 6) is 0.199. The van der Waals surface area contributed by atoms with Crippen LogP contribution in [0.4, 0.5) is 0 Å². The highest BCUT2D eigenvalue weighted by Crippen LogP contribution is 2.35. The van der Waals surface area contributed by atoms with E-state index in [0.717, 1.165) is 23.0 Å². The maximum Gasteiger partial charge on any atom is 0.161 e. The van der Waals surface area contributed by atoms with Crippen LogP contribution >= 0.6 is 0 Å². The summed E-state index contributed by atoms with van der Waals surface area (Å²) in [6.07, 6.45) is 1.39. The van der Waals surface area contributed by atoms with E-state index in [1.165, 1.54) is 22.6 Å². The van der Waals surface area contributed by atoms with Crippen LogP contribution in [0.1, 0.15) is 6.92 Å². The number of furan rings is 1. The smallest absolute Gasteiger partial charge is 0.161 e. The number of fused-ring (bicyclic) bond motifs is 4. The second-order valence-corrected chi connectivity index (χ2v) is 4.75. The Labute approximate surface area is 109 Å². The first-order valence-electron chi connectivity index (χ1n) is 6.40. The molecule has 4 rings (SSSR count). The van der Waals surface area contributed by atoms with Gasteiger partial charge in [0.05, 0.1) is 10.9 Å². The largest absolute Gasteiger partial charge is 0.504 e. The molecule has 19 heavy (non-hydrogen) atoms. The highest BCUT2D eigenvalue weighted by Gasteiger charge is 2.13. The van der Waals surface area contributed by atoms with Crippen molar-refractivity contribution in [2.24, 2.45) is 0 Å². The Hall–Kier alpha value is -2.42. The van der Waals surface area contributed by atoms with Gasteiger partial charge in [0.15, 0.2) is 5.75 Å². The molecule has 0 radical (unpaired) electrons. The third kappa shape index (κ3) is 1.27. The molecule has 3 nitrogen and oxygen atoms in total. The van der Waals surface area contributed by atoms with Gasteiger partial charge in [0, 0.05) is 22.8 Å². The quantitative estimate of drug-likeness (QED) is 0.548. The van der Waals surface area contributed by atoms with Crippen molar-refractivity contribution in [3.63, 3.8) is 0 Å². The minimum Gasteiger partial charge on any atom is -0.504 e. The van der Waals surface area contributed by atoms with E-state index in [2.05, 4.69) is 29.7 Å². The molecule has 0 amide bonds. The van der Waals surface area contributed by atoms with Gasteiger partial charge in [0.25, 0.3) is 0 Å². The zero-order valence-corrected chi connectivity index (χ0v) is 10.6. The van der Waals surface area contributed by atoms with Gasteiger partial charge in [-0.1, -0.05) is 18.2 Å². The van der Waals surface area contributed by atoms with Crippen LogP contribution in [0.2, 0.25) is 0 Å². The van der Waals surface area contributed by atoms with Crippen molar-refractivity contribution in [1.82, 2.24) is 4.57 Å². The van der Waals surface area contributed by atoms with E-state index >= 15 is 0 Å². The van der Waals surface area contributed by atoms with Gasteiger partial charge in [-0.3, -0.25) is 0 Å². The summed E-state index contributed by atoms with van der Waals surface area (Å²) in [6, 6.07) is 12.4. The van der Waals surface area contributed by atoms with Crippen molar-refractivity contribution >= 4 is 32.8 Å². The number of aromatic nitrogens is 1. The molecule has 0 aliphatic carbocycles. The van der Waals surface area contributed by atoms with E-state index in [1.54, 1.807) is 0 Å². The van der Waals surface area contributed by atoms with Crippen molar-refractivity contribution in [2.45, 2.75) is 13.5 Å². The van der Waals surface area contributed by atoms with Crippen LogP contribution in [0.5, 0.6) is 5.75 Å². The lowest BCUT2D eigenvalue weighted by atomic mass is 10.1. The Bertz CT molecular complexity index is 915. The summed E-state index contributed by atoms with van der Waals surface area (Å²) in [5, 5.41) is 13.0. The molecule has 0 unspecified atom stereocenters. The monoisotopic (exact) mass is 251 g/mol. The first-order valence-corrected chi connectivity index (χ1v) is 6.40. The second kappa shape index (κ2) is 3.54. The molecule has 0 aliphatic rings. The second-order valence-electron chi connectivity index (χ2n) is 4.75. The van der Waals surface area contributed by atoms with Gasteiger partial charge in [-0.2, -0.15) is 0 Å². The van der Waals surface area contributed by atoms with Crippen molar-refractivity contribution in [3.8, 4) is 5.75 Å². The molecule has 94 valence electrons. The first kappa shape index (κ1) is 10.5. The van der Waals surface area contributed by atoms with E-state index < -0.39 is 0 Å². The van der Waals surface area contributed by atoms with Gasteiger partial charge in [0.2, 0.25) is 0 Å². The minimum absolute atomic E-state index is 0.199. The molecule has 0 bridgehead atoms. The number of nitrogens with zero attached hydrogens (tertiary/aromatic N) is 1. The van der Waals surface area contributed by atoms with Crippen LogP contribution in [-0.2, 0) is 6.54 Å². The molecular formula is C16H13NO2. The van der Waals surface area contributed by atoms with E-state index in [9.17, 15) is 5.11 Å². The maximum absolute atomic E-state index is 9.81. The van der Waals surface area contributed by atoms with Gasteiger partial charge in [-0.05, 0) is 25.1 Å². The molecule has 4 aromatic rings. The summed E-state index contributed by atoms with van der Waals surface area (Å²) < 4.78 is 7.65. The summed E-state index contributed by atoms with van der Waals surface area (Å²) in [7, 11) is 0. The lowest BCUT2D eigenvalue weighted by molar-refractivity contribution is 0.464. The Balaban J connectivity index is 2.30. The molecule has 0 fully saturated rings. The Morgan fingerprint density at radius 3 is 2.74 bits per heavy atom. The Kier molecular flexibility index (Phi) is 1.96. The van der Waals surface area contributed by atoms with Gasteiger partial charge >= 0.3 is 0 Å². The molecule has 0 saturated carbocycles. The zero-order chi connectivity index (χ0) is 13.0. The van der Waals surface area contributed by atoms with E-state index in [1.807, 2.05) is 18.2 Å². The molecule has 2 heterocycles. The Morgan fingerprint density at radius 2 is 1.89 bits per heavy atom. The number of hydrogen-bond donors (Lipinski definition) is 1. The number of benzene rings is 2. The molecule has 2 aromatic heterocycles. The topological polar surface area (TPSA) is 38.3 Å². The molecule has 0 aliphatic heterocycles. The fraction of sp³-hybridized carbons (Fsp3) is 0.125. The zero-order valence-electron chi connectivity index (χ0n) is 10.6. The fourth-order valence-corrected chi connectivity index (χ4v) is 2.90. The predicted molar refractivity (Wildman–Crippen MR) is 76.6 cm³/mol. The molecule has 2 aromatic carbocycles. The van der Waals surface area contributed by atoms with E-state index in [-0.39, 0.29) is 5.75 Å². The number of rotatable bonds is 1. The van der Waals surface area contributed by atoms with Crippen LogP contribution < -0.4 is 0 Å². The summed E-state index contributed by atoms with van der Waals surface area (Å²) >= 11 is 0. The van der Waals surface area contributed by atoms with Crippen molar-refractivity contribution < 1.29 is 9.52 Å². The highest BCUT2D eigenvalue weighted by atomic mass is 16.4. The van der Waals surface area contributed by atoms with Gasteiger partial charge < -0.3 is 14.1 Å². The summed E-state index contributed by atoms with van der Waals surface area (Å²) in [6.45, 7) is 3.03. The molecule has 0 spiro atoms. The van der Waals surface area contributed by atoms with Crippen molar-refractivity contribution in [1.29, 1.82) is 0 Å². The lowest BCUT2D eigenvalue weighted by Crippen LogP contribution is -1.92. The normalized spacial score (nSPS) is 11.8. The average molecular weight is 251 g/mol. The Morgan fingerprint density at radius 1 is 1.05 bits per heavy atom. The number of para-hydroxylation sites is 1. The van der Waals surface area contributed by atoms with Crippen LogP contribution in [0, 0.1) is 0 Å². The standard InChI is InChI=1S/C16H13NO2/c1-2-17-13-6-4-3-5-10(13)11-8-16-12(7-14(11)17)15(18)9-19-16/h3-9,18H,2H2,1H3. The molecule has 1 N–H and O–H groups in total. The predicted octanol–water partition coefficient (Wildman–Crippen LogP) is 4.27. The number of aromatic hydroxyl groups is 1. The van der Waals surface area contributed by atoms with Gasteiger partial charge in [-0.15, -0.1) is 0 Å². The highest BCUT2D eigenvalue weighted by molar-refractivity contribution is 6.12. The van der Waals surface area contributed by atoms with Crippen molar-refractivity contribution in [3.05, 3.63) is 42.7 Å². The third-order valence-electron chi connectivity index (χ3n) is 3.76. The lowest BCUT2D eigenvalue weighted by Gasteiger charge is -2.02. The minimum atomic E-state index is 0.199. The summed E-state index contributed by atoms with van der Waals surface area (Å²) in [4.78, 5) is 0. The molecular weight excluding hydrogens is 238 g/mol. The number of aryl methyl sites for hydroxylation is 1. The van der Waals surface area contributed by atoms with Crippen molar-refractivity contribution in [2.75, 3.05) is 0 Å². The summed E-state index contributed by atoms with van der Waals surface area (Å²) in [5.41, 5.74) is 3.07. The SMILES string of the molecule is CCn1c2ccccc2c2cc3occ(O)c3cc21. The van der Waals surface area contributed by atoms with Crippen LogP contribution in [0.15, 0.2) is 47.1 Å². The maximum atomic E-state index is 9.81. The molecule has 3 heteroatoms. The first-order chi connectivity index (χ1) is 9.29. The van der Waals surface area contributed by atoms with E-state index in [4.69, 9.17) is 4.42 Å². The fourth-order valence-electron chi connectivity index (χ4n) is 2.90. The average Bonchev–Trinajstić information content (AvgIpc) is 2.95. The molecule has 0 saturated heterocycles.